The predicted octanol–water partition coefficient (Wildman–Crippen LogP) is 1.33. The summed E-state index contributed by atoms with van der Waals surface area (Å²) in [6, 6.07) is 7.66. The minimum Gasteiger partial charge on any atom is -0.497 e. The van der Waals surface area contributed by atoms with Gasteiger partial charge >= 0.3 is 5.97 Å². The molecule has 0 spiro atoms. The first-order chi connectivity index (χ1) is 18.0. The summed E-state index contributed by atoms with van der Waals surface area (Å²) in [6.45, 7) is 3.07. The average Bonchev–Trinajstić information content (AvgIpc) is 3.27. The third-order valence-corrected chi connectivity index (χ3v) is 6.15. The molecule has 0 atom stereocenters. The fourth-order valence-electron chi connectivity index (χ4n) is 4.07. The molecule has 0 saturated carbocycles. The Labute approximate surface area is 212 Å². The topological polar surface area (TPSA) is 147 Å². The highest BCUT2D eigenvalue weighted by atomic mass is 16.7. The predicted molar refractivity (Wildman–Crippen MR) is 135 cm³/mol. The lowest BCUT2D eigenvalue weighted by Gasteiger charge is -2.28. The van der Waals surface area contributed by atoms with Gasteiger partial charge in [0.15, 0.2) is 22.8 Å². The molecule has 0 unspecified atom stereocenters. The molecule has 5 rings (SSSR count). The number of nitrogens with two attached hydrogens (primary N) is 1. The Balaban J connectivity index is 1.52. The molecule has 2 N–H and O–H groups in total. The van der Waals surface area contributed by atoms with Gasteiger partial charge in [0.2, 0.25) is 5.95 Å². The molecule has 192 valence electrons. The lowest BCUT2D eigenvalue weighted by atomic mass is 10.2. The molecule has 1 fully saturated rings. The maximum absolute atomic E-state index is 11.6. The summed E-state index contributed by atoms with van der Waals surface area (Å²) in [5.74, 6) is 7.53. The van der Waals surface area contributed by atoms with Crippen molar-refractivity contribution in [2.75, 3.05) is 50.3 Å². The van der Waals surface area contributed by atoms with Crippen molar-refractivity contribution in [3.8, 4) is 17.1 Å². The third kappa shape index (κ3) is 4.86. The molecule has 0 radical (unpaired) electrons. The Bertz CT molecular complexity index is 1400. The van der Waals surface area contributed by atoms with Crippen molar-refractivity contribution >= 4 is 28.9 Å². The van der Waals surface area contributed by atoms with Crippen molar-refractivity contribution in [2.24, 2.45) is 12.9 Å². The van der Waals surface area contributed by atoms with Crippen molar-refractivity contribution in [1.82, 2.24) is 29.5 Å². The Morgan fingerprint density at radius 1 is 1.11 bits per heavy atom. The maximum atomic E-state index is 11.6. The molecule has 4 heterocycles. The minimum absolute atomic E-state index is 0.166. The van der Waals surface area contributed by atoms with Crippen molar-refractivity contribution in [1.29, 1.82) is 0 Å². The number of morpholine rings is 1. The van der Waals surface area contributed by atoms with E-state index in [-0.39, 0.29) is 5.56 Å². The van der Waals surface area contributed by atoms with Gasteiger partial charge in [0.1, 0.15) is 11.6 Å². The lowest BCUT2D eigenvalue weighted by Crippen LogP contribution is -2.37. The third-order valence-electron chi connectivity index (χ3n) is 6.15. The molecule has 0 aliphatic carbocycles. The quantitative estimate of drug-likeness (QED) is 0.361. The van der Waals surface area contributed by atoms with E-state index >= 15 is 0 Å². The number of aryl methyl sites for hydroxylation is 1. The van der Waals surface area contributed by atoms with Gasteiger partial charge in [0.05, 0.1) is 32.4 Å². The van der Waals surface area contributed by atoms with Crippen LogP contribution >= 0.6 is 0 Å². The van der Waals surface area contributed by atoms with Crippen molar-refractivity contribution < 1.29 is 19.1 Å². The second kappa shape index (κ2) is 10.3. The van der Waals surface area contributed by atoms with Crippen LogP contribution in [-0.4, -0.2) is 75.9 Å². The highest BCUT2D eigenvalue weighted by Gasteiger charge is 2.23. The van der Waals surface area contributed by atoms with E-state index in [0.29, 0.717) is 55.8 Å². The second-order valence-corrected chi connectivity index (χ2v) is 8.49. The molecule has 3 aromatic heterocycles. The van der Waals surface area contributed by atoms with Crippen molar-refractivity contribution in [3.63, 3.8) is 0 Å². The number of imidazole rings is 1. The van der Waals surface area contributed by atoms with E-state index in [4.69, 9.17) is 30.3 Å². The number of anilines is 2. The lowest BCUT2D eigenvalue weighted by molar-refractivity contribution is 0.0502. The fraction of sp³-hybridized carbons (Fsp3) is 0.333. The van der Waals surface area contributed by atoms with Crippen LogP contribution < -0.4 is 20.4 Å². The molecule has 1 aliphatic heterocycles. The molecule has 0 bridgehead atoms. The summed E-state index contributed by atoms with van der Waals surface area (Å²) in [5.41, 5.74) is 2.47. The molecule has 1 saturated heterocycles. The van der Waals surface area contributed by atoms with Gasteiger partial charge in [-0.25, -0.2) is 29.7 Å². The van der Waals surface area contributed by atoms with Crippen LogP contribution in [-0.2, 0) is 23.2 Å². The number of methoxy groups -OCH3 is 1. The molecule has 1 aromatic carbocycles. The van der Waals surface area contributed by atoms with Gasteiger partial charge in [-0.1, -0.05) is 0 Å². The van der Waals surface area contributed by atoms with Crippen LogP contribution in [0.3, 0.4) is 0 Å². The van der Waals surface area contributed by atoms with E-state index < -0.39 is 5.97 Å². The number of benzene rings is 1. The number of carbonyl (C=O) groups excluding carboxylic acids is 1. The summed E-state index contributed by atoms with van der Waals surface area (Å²) in [4.78, 5) is 43.0. The number of nitrogens with zero attached hydrogens (tertiary/aromatic N) is 8. The number of carbonyl (C=O) groups is 1. The van der Waals surface area contributed by atoms with E-state index in [1.165, 1.54) is 12.4 Å². The summed E-state index contributed by atoms with van der Waals surface area (Å²) < 4.78 is 12.8. The molecular formula is C24H27N9O4. The molecule has 4 aromatic rings. The average molecular weight is 506 g/mol. The smallest absolute Gasteiger partial charge is 0.359 e. The SMILES string of the molecule is COc1ccc(-c2nc(N3CCOCC3)c3nc(CN(C)c4ncc(C(=O)ON)cn4)n(C)c3n2)cc1. The standard InChI is InChI=1S/C24H27N9O4/c1-31(24-26-12-16(13-27-24)23(34)37-25)14-18-28-19-21(32(18)2)29-20(15-4-6-17(35-3)7-5-15)30-22(19)33-8-10-36-11-9-33/h4-7,12-13H,8-11,14,25H2,1-3H3. The van der Waals surface area contributed by atoms with E-state index in [0.717, 1.165) is 23.0 Å². The molecular weight excluding hydrogens is 478 g/mol. The Kier molecular flexibility index (Phi) is 6.79. The van der Waals surface area contributed by atoms with Gasteiger partial charge in [0, 0.05) is 45.1 Å². The first kappa shape index (κ1) is 24.3. The molecule has 13 heteroatoms. The molecule has 0 amide bonds. The zero-order valence-corrected chi connectivity index (χ0v) is 20.8. The molecule has 1 aliphatic rings. The van der Waals surface area contributed by atoms with Crippen molar-refractivity contribution in [2.45, 2.75) is 6.54 Å². The van der Waals surface area contributed by atoms with Crippen LogP contribution in [0.4, 0.5) is 11.8 Å². The van der Waals surface area contributed by atoms with E-state index in [1.54, 1.807) is 7.11 Å². The number of rotatable bonds is 7. The van der Waals surface area contributed by atoms with Gasteiger partial charge in [-0.2, -0.15) is 5.90 Å². The summed E-state index contributed by atoms with van der Waals surface area (Å²) in [7, 11) is 5.40. The monoisotopic (exact) mass is 505 g/mol. The Morgan fingerprint density at radius 2 is 1.81 bits per heavy atom. The van der Waals surface area contributed by atoms with Gasteiger partial charge in [0.25, 0.3) is 0 Å². The second-order valence-electron chi connectivity index (χ2n) is 8.49. The largest absolute Gasteiger partial charge is 0.497 e. The van der Waals surface area contributed by atoms with E-state index in [1.807, 2.05) is 47.8 Å². The Morgan fingerprint density at radius 3 is 2.46 bits per heavy atom. The first-order valence-electron chi connectivity index (χ1n) is 11.6. The highest BCUT2D eigenvalue weighted by Crippen LogP contribution is 2.29. The first-order valence-corrected chi connectivity index (χ1v) is 11.6. The number of ether oxygens (including phenoxy) is 2. The van der Waals surface area contributed by atoms with Gasteiger partial charge in [-0.15, -0.1) is 0 Å². The van der Waals surface area contributed by atoms with E-state index in [9.17, 15) is 4.79 Å². The summed E-state index contributed by atoms with van der Waals surface area (Å²) in [5, 5.41) is 0. The van der Waals surface area contributed by atoms with Crippen LogP contribution in [0.15, 0.2) is 36.7 Å². The van der Waals surface area contributed by atoms with Gasteiger partial charge in [-0.3, -0.25) is 0 Å². The minimum atomic E-state index is -0.702. The van der Waals surface area contributed by atoms with Crippen LogP contribution in [0.5, 0.6) is 5.75 Å². The van der Waals surface area contributed by atoms with Crippen molar-refractivity contribution in [3.05, 3.63) is 48.0 Å². The highest BCUT2D eigenvalue weighted by molar-refractivity contribution is 5.88. The van der Waals surface area contributed by atoms with Crippen LogP contribution in [0.25, 0.3) is 22.6 Å². The molecule has 13 nitrogen and oxygen atoms in total. The Hall–Kier alpha value is -4.36. The maximum Gasteiger partial charge on any atom is 0.359 e. The fourth-order valence-corrected chi connectivity index (χ4v) is 4.07. The number of aromatic nitrogens is 6. The zero-order valence-electron chi connectivity index (χ0n) is 20.8. The summed E-state index contributed by atoms with van der Waals surface area (Å²) in [6.07, 6.45) is 2.73. The number of hydrogen-bond donors (Lipinski definition) is 1. The molecule has 37 heavy (non-hydrogen) atoms. The number of hydrogen-bond acceptors (Lipinski definition) is 12. The van der Waals surface area contributed by atoms with E-state index in [2.05, 4.69) is 19.7 Å². The van der Waals surface area contributed by atoms with Gasteiger partial charge < -0.3 is 28.7 Å². The van der Waals surface area contributed by atoms with Gasteiger partial charge in [-0.05, 0) is 24.3 Å². The van der Waals surface area contributed by atoms with Crippen LogP contribution in [0.1, 0.15) is 16.2 Å². The zero-order chi connectivity index (χ0) is 25.9. The number of fused-ring (bicyclic) bond motifs is 1. The normalized spacial score (nSPS) is 13.6. The van der Waals surface area contributed by atoms with Crippen LogP contribution in [0.2, 0.25) is 0 Å². The van der Waals surface area contributed by atoms with Crippen LogP contribution in [0, 0.1) is 0 Å². The summed E-state index contributed by atoms with van der Waals surface area (Å²) >= 11 is 0.